The van der Waals surface area contributed by atoms with Crippen LogP contribution in [0.1, 0.15) is 22.8 Å². The van der Waals surface area contributed by atoms with Crippen LogP contribution < -0.4 is 10.1 Å². The summed E-state index contributed by atoms with van der Waals surface area (Å²) in [5.74, 6) is 0.242. The number of ketones is 1. The molecule has 0 saturated carbocycles. The first-order chi connectivity index (χ1) is 10.1. The molecule has 0 spiro atoms. The number of hydrogen-bond donors (Lipinski definition) is 1. The fourth-order valence-electron chi connectivity index (χ4n) is 1.91. The van der Waals surface area contributed by atoms with Crippen molar-refractivity contribution < 1.29 is 14.3 Å². The van der Waals surface area contributed by atoms with Crippen molar-refractivity contribution in [1.82, 2.24) is 0 Å². The highest BCUT2D eigenvalue weighted by molar-refractivity contribution is 6.04. The second-order valence-electron chi connectivity index (χ2n) is 4.76. The predicted molar refractivity (Wildman–Crippen MR) is 81.8 cm³/mol. The third kappa shape index (κ3) is 4.18. The quantitative estimate of drug-likeness (QED) is 0.857. The lowest BCUT2D eigenvalue weighted by atomic mass is 10.1. The lowest BCUT2D eigenvalue weighted by Crippen LogP contribution is -2.21. The molecule has 1 amide bonds. The van der Waals surface area contributed by atoms with E-state index in [0.29, 0.717) is 17.0 Å². The van der Waals surface area contributed by atoms with Crippen molar-refractivity contribution in [2.24, 2.45) is 0 Å². The summed E-state index contributed by atoms with van der Waals surface area (Å²) in [6.07, 6.45) is 0. The zero-order valence-corrected chi connectivity index (χ0v) is 12.1. The zero-order valence-electron chi connectivity index (χ0n) is 12.1. The maximum absolute atomic E-state index is 11.9. The molecule has 0 radical (unpaired) electrons. The largest absolute Gasteiger partial charge is 0.484 e. The number of anilines is 1. The molecule has 0 fully saturated rings. The smallest absolute Gasteiger partial charge is 0.262 e. The first-order valence-corrected chi connectivity index (χ1v) is 6.65. The van der Waals surface area contributed by atoms with Crippen molar-refractivity contribution >= 4 is 17.4 Å². The maximum atomic E-state index is 11.9. The average molecular weight is 283 g/mol. The van der Waals surface area contributed by atoms with E-state index in [0.717, 1.165) is 5.56 Å². The van der Waals surface area contributed by atoms with Crippen molar-refractivity contribution in [3.05, 3.63) is 59.7 Å². The monoisotopic (exact) mass is 283 g/mol. The molecule has 0 aromatic heterocycles. The number of rotatable bonds is 5. The molecule has 4 heteroatoms. The Labute approximate surface area is 123 Å². The van der Waals surface area contributed by atoms with Gasteiger partial charge in [-0.25, -0.2) is 0 Å². The minimum atomic E-state index is -0.301. The SMILES string of the molecule is CC(=O)c1cc(C)ccc1NC(=O)COc1ccccc1. The molecular weight excluding hydrogens is 266 g/mol. The number of amides is 1. The molecule has 0 atom stereocenters. The number of para-hydroxylation sites is 1. The Morgan fingerprint density at radius 2 is 1.81 bits per heavy atom. The van der Waals surface area contributed by atoms with Crippen LogP contribution in [-0.4, -0.2) is 18.3 Å². The topological polar surface area (TPSA) is 55.4 Å². The molecule has 2 rings (SSSR count). The Hall–Kier alpha value is -2.62. The number of benzene rings is 2. The van der Waals surface area contributed by atoms with E-state index < -0.39 is 0 Å². The van der Waals surface area contributed by atoms with Gasteiger partial charge in [-0.2, -0.15) is 0 Å². The van der Waals surface area contributed by atoms with E-state index in [-0.39, 0.29) is 18.3 Å². The van der Waals surface area contributed by atoms with Crippen molar-refractivity contribution in [3.63, 3.8) is 0 Å². The van der Waals surface area contributed by atoms with Gasteiger partial charge in [-0.15, -0.1) is 0 Å². The molecule has 0 aliphatic heterocycles. The lowest BCUT2D eigenvalue weighted by molar-refractivity contribution is -0.118. The molecule has 108 valence electrons. The normalized spacial score (nSPS) is 10.0. The molecule has 4 nitrogen and oxygen atoms in total. The van der Waals surface area contributed by atoms with Crippen molar-refractivity contribution in [1.29, 1.82) is 0 Å². The minimum Gasteiger partial charge on any atom is -0.484 e. The summed E-state index contributed by atoms with van der Waals surface area (Å²) < 4.78 is 5.37. The molecule has 2 aromatic rings. The van der Waals surface area contributed by atoms with Crippen molar-refractivity contribution in [2.75, 3.05) is 11.9 Å². The van der Waals surface area contributed by atoms with E-state index in [9.17, 15) is 9.59 Å². The van der Waals surface area contributed by atoms with E-state index in [1.165, 1.54) is 6.92 Å². The van der Waals surface area contributed by atoms with Crippen LogP contribution in [0.4, 0.5) is 5.69 Å². The van der Waals surface area contributed by atoms with Crippen LogP contribution in [0.2, 0.25) is 0 Å². The summed E-state index contributed by atoms with van der Waals surface area (Å²) >= 11 is 0. The summed E-state index contributed by atoms with van der Waals surface area (Å²) in [5, 5.41) is 2.70. The molecule has 0 heterocycles. The second kappa shape index (κ2) is 6.70. The first kappa shape index (κ1) is 14.8. The van der Waals surface area contributed by atoms with Gasteiger partial charge in [-0.1, -0.05) is 29.8 Å². The number of Topliss-reactive ketones (excluding diaryl/α,β-unsaturated/α-hetero) is 1. The zero-order chi connectivity index (χ0) is 15.2. The van der Waals surface area contributed by atoms with Crippen LogP contribution in [0.5, 0.6) is 5.75 Å². The van der Waals surface area contributed by atoms with E-state index >= 15 is 0 Å². The number of carbonyl (C=O) groups excluding carboxylic acids is 2. The van der Waals surface area contributed by atoms with Gasteiger partial charge in [0.15, 0.2) is 12.4 Å². The van der Waals surface area contributed by atoms with Crippen molar-refractivity contribution in [2.45, 2.75) is 13.8 Å². The van der Waals surface area contributed by atoms with Gasteiger partial charge >= 0.3 is 0 Å². The Morgan fingerprint density at radius 3 is 2.48 bits per heavy atom. The standard InChI is InChI=1S/C17H17NO3/c1-12-8-9-16(15(10-12)13(2)19)18-17(20)11-21-14-6-4-3-5-7-14/h3-10H,11H2,1-2H3,(H,18,20). The highest BCUT2D eigenvalue weighted by Gasteiger charge is 2.11. The number of carbonyl (C=O) groups is 2. The molecule has 0 bridgehead atoms. The molecule has 1 N–H and O–H groups in total. The summed E-state index contributed by atoms with van der Waals surface area (Å²) in [5.41, 5.74) is 1.98. The van der Waals surface area contributed by atoms with E-state index in [1.54, 1.807) is 24.3 Å². The molecule has 0 unspecified atom stereocenters. The predicted octanol–water partition coefficient (Wildman–Crippen LogP) is 3.22. The van der Waals surface area contributed by atoms with Crippen LogP contribution in [0.25, 0.3) is 0 Å². The van der Waals surface area contributed by atoms with Crippen LogP contribution in [0, 0.1) is 6.92 Å². The number of aryl methyl sites for hydroxylation is 1. The highest BCUT2D eigenvalue weighted by Crippen LogP contribution is 2.18. The minimum absolute atomic E-state index is 0.0852. The lowest BCUT2D eigenvalue weighted by Gasteiger charge is -2.11. The molecule has 0 saturated heterocycles. The molecule has 21 heavy (non-hydrogen) atoms. The van der Waals surface area contributed by atoms with Crippen LogP contribution in [0.3, 0.4) is 0 Å². The van der Waals surface area contributed by atoms with Crippen LogP contribution in [0.15, 0.2) is 48.5 Å². The summed E-state index contributed by atoms with van der Waals surface area (Å²) in [6, 6.07) is 14.4. The third-order valence-corrected chi connectivity index (χ3v) is 2.94. The first-order valence-electron chi connectivity index (χ1n) is 6.65. The summed E-state index contributed by atoms with van der Waals surface area (Å²) in [4.78, 5) is 23.5. The maximum Gasteiger partial charge on any atom is 0.262 e. The fraction of sp³-hybridized carbons (Fsp3) is 0.176. The Morgan fingerprint density at radius 1 is 1.10 bits per heavy atom. The highest BCUT2D eigenvalue weighted by atomic mass is 16.5. The fourth-order valence-corrected chi connectivity index (χ4v) is 1.91. The van der Waals surface area contributed by atoms with Crippen LogP contribution in [-0.2, 0) is 4.79 Å². The van der Waals surface area contributed by atoms with Gasteiger partial charge < -0.3 is 10.1 Å². The molecule has 0 aliphatic carbocycles. The van der Waals surface area contributed by atoms with Gasteiger partial charge in [-0.3, -0.25) is 9.59 Å². The number of hydrogen-bond acceptors (Lipinski definition) is 3. The summed E-state index contributed by atoms with van der Waals surface area (Å²) in [7, 11) is 0. The molecule has 2 aromatic carbocycles. The van der Waals surface area contributed by atoms with Gasteiger partial charge in [0.25, 0.3) is 5.91 Å². The van der Waals surface area contributed by atoms with E-state index in [1.807, 2.05) is 31.2 Å². The molecular formula is C17H17NO3. The van der Waals surface area contributed by atoms with Gasteiger partial charge in [0.05, 0.1) is 5.69 Å². The van der Waals surface area contributed by atoms with E-state index in [4.69, 9.17) is 4.74 Å². The Bertz CT molecular complexity index is 650. The third-order valence-electron chi connectivity index (χ3n) is 2.94. The van der Waals surface area contributed by atoms with Gasteiger partial charge in [-0.05, 0) is 38.1 Å². The van der Waals surface area contributed by atoms with Gasteiger partial charge in [0.1, 0.15) is 5.75 Å². The average Bonchev–Trinajstić information content (AvgIpc) is 2.48. The van der Waals surface area contributed by atoms with Crippen LogP contribution >= 0.6 is 0 Å². The second-order valence-corrected chi connectivity index (χ2v) is 4.76. The van der Waals surface area contributed by atoms with Gasteiger partial charge in [0, 0.05) is 5.56 Å². The van der Waals surface area contributed by atoms with Crippen molar-refractivity contribution in [3.8, 4) is 5.75 Å². The molecule has 0 aliphatic rings. The number of nitrogens with one attached hydrogen (secondary N) is 1. The van der Waals surface area contributed by atoms with Gasteiger partial charge in [0.2, 0.25) is 0 Å². The number of ether oxygens (including phenoxy) is 1. The van der Waals surface area contributed by atoms with E-state index in [2.05, 4.69) is 5.32 Å². The Balaban J connectivity index is 2.01. The summed E-state index contributed by atoms with van der Waals surface area (Å²) in [6.45, 7) is 3.27. The Kier molecular flexibility index (Phi) is 4.72.